The Morgan fingerprint density at radius 1 is 1.64 bits per heavy atom. The van der Waals surface area contributed by atoms with Crippen molar-refractivity contribution in [2.24, 2.45) is 5.41 Å². The molecule has 2 N–H and O–H groups in total. The van der Waals surface area contributed by atoms with Gasteiger partial charge >= 0.3 is 5.97 Å². The first-order chi connectivity index (χ1) is 4.89. The first kappa shape index (κ1) is 11.1. The van der Waals surface area contributed by atoms with Gasteiger partial charge in [0, 0.05) is 0 Å². The summed E-state index contributed by atoms with van der Waals surface area (Å²) < 4.78 is 2.18. The second kappa shape index (κ2) is 4.22. The van der Waals surface area contributed by atoms with Crippen molar-refractivity contribution in [1.82, 2.24) is 3.69 Å². The van der Waals surface area contributed by atoms with Crippen LogP contribution >= 0.6 is 22.9 Å². The predicted molar refractivity (Wildman–Crippen MR) is 48.7 cm³/mol. The van der Waals surface area contributed by atoms with Crippen molar-refractivity contribution in [3.63, 3.8) is 0 Å². The number of nitrogens with one attached hydrogen (secondary N) is 1. The fourth-order valence-electron chi connectivity index (χ4n) is 0.447. The number of aliphatic hydroxyl groups is 1. The lowest BCUT2D eigenvalue weighted by atomic mass is 9.89. The zero-order chi connectivity index (χ0) is 9.07. The summed E-state index contributed by atoms with van der Waals surface area (Å²) in [6, 6.07) is 0. The van der Waals surface area contributed by atoms with Crippen LogP contribution in [0.25, 0.3) is 0 Å². The summed E-state index contributed by atoms with van der Waals surface area (Å²) in [7, 11) is 0. The molecule has 0 fully saturated rings. The first-order valence-electron chi connectivity index (χ1n) is 3.14. The van der Waals surface area contributed by atoms with Gasteiger partial charge in [-0.25, -0.2) is 4.79 Å². The number of halogens is 1. The number of carbonyl (C=O) groups excluding carboxylic acids is 1. The van der Waals surface area contributed by atoms with E-state index < -0.39 is 17.5 Å². The monoisotopic (exact) mass is 273 g/mol. The van der Waals surface area contributed by atoms with E-state index in [1.165, 1.54) is 0 Å². The standard InChI is InChI=1S/C6H12INO3/c1-6(2,3)4(9)5(10)11-8-7/h4,8-9H,1-3H3. The topological polar surface area (TPSA) is 58.6 Å². The highest BCUT2D eigenvalue weighted by molar-refractivity contribution is 14.1. The van der Waals surface area contributed by atoms with Gasteiger partial charge in [0.2, 0.25) is 0 Å². The van der Waals surface area contributed by atoms with Crippen LogP contribution in [0.15, 0.2) is 0 Å². The van der Waals surface area contributed by atoms with Gasteiger partial charge in [0.05, 0.1) is 22.9 Å². The highest BCUT2D eigenvalue weighted by atomic mass is 127. The van der Waals surface area contributed by atoms with Crippen molar-refractivity contribution in [2.45, 2.75) is 26.9 Å². The Morgan fingerprint density at radius 2 is 2.09 bits per heavy atom. The molecule has 0 aliphatic rings. The van der Waals surface area contributed by atoms with Gasteiger partial charge in [0.25, 0.3) is 0 Å². The molecule has 0 spiro atoms. The normalized spacial score (nSPS) is 14.3. The second-order valence-corrected chi connectivity index (χ2v) is 3.71. The Bertz CT molecular complexity index is 143. The van der Waals surface area contributed by atoms with E-state index in [1.807, 2.05) is 0 Å². The van der Waals surface area contributed by atoms with Gasteiger partial charge in [0.1, 0.15) is 0 Å². The minimum atomic E-state index is -1.09. The average molecular weight is 273 g/mol. The highest BCUT2D eigenvalue weighted by Crippen LogP contribution is 2.19. The SMILES string of the molecule is CC(C)(C)C(O)C(=O)ONI. The number of hydrogen-bond donors (Lipinski definition) is 2. The smallest absolute Gasteiger partial charge is 0.354 e. The number of carbonyl (C=O) groups is 1. The molecule has 0 aliphatic heterocycles. The maximum Gasteiger partial charge on any atom is 0.354 e. The van der Waals surface area contributed by atoms with Gasteiger partial charge in [-0.3, -0.25) is 0 Å². The molecule has 0 rings (SSSR count). The molecule has 0 bridgehead atoms. The van der Waals surface area contributed by atoms with Crippen LogP contribution < -0.4 is 3.69 Å². The number of hydrogen-bond acceptors (Lipinski definition) is 4. The molecule has 0 aromatic carbocycles. The number of aliphatic hydroxyl groups excluding tert-OH is 1. The largest absolute Gasteiger partial charge is 0.381 e. The summed E-state index contributed by atoms with van der Waals surface area (Å²) >= 11 is 1.66. The molecule has 4 nitrogen and oxygen atoms in total. The van der Waals surface area contributed by atoms with Crippen molar-refractivity contribution < 1.29 is 14.7 Å². The third-order valence-corrected chi connectivity index (χ3v) is 1.40. The van der Waals surface area contributed by atoms with Crippen molar-refractivity contribution in [3.05, 3.63) is 0 Å². The van der Waals surface area contributed by atoms with Crippen molar-refractivity contribution in [3.8, 4) is 0 Å². The van der Waals surface area contributed by atoms with Crippen LogP contribution in [0, 0.1) is 5.41 Å². The molecule has 66 valence electrons. The summed E-state index contributed by atoms with van der Waals surface area (Å²) in [5.41, 5.74) is -0.482. The van der Waals surface area contributed by atoms with E-state index in [0.29, 0.717) is 0 Å². The van der Waals surface area contributed by atoms with Crippen LogP contribution in [-0.2, 0) is 9.63 Å². The Morgan fingerprint density at radius 3 is 2.36 bits per heavy atom. The van der Waals surface area contributed by atoms with Crippen molar-refractivity contribution in [2.75, 3.05) is 0 Å². The second-order valence-electron chi connectivity index (χ2n) is 3.27. The molecule has 0 amide bonds. The minimum Gasteiger partial charge on any atom is -0.381 e. The lowest BCUT2D eigenvalue weighted by Crippen LogP contribution is -2.36. The molecule has 0 aliphatic carbocycles. The van der Waals surface area contributed by atoms with Crippen molar-refractivity contribution >= 4 is 28.8 Å². The van der Waals surface area contributed by atoms with Gasteiger partial charge < -0.3 is 9.94 Å². The van der Waals surface area contributed by atoms with Gasteiger partial charge in [-0.1, -0.05) is 24.5 Å². The summed E-state index contributed by atoms with van der Waals surface area (Å²) in [5, 5.41) is 9.27. The van der Waals surface area contributed by atoms with Gasteiger partial charge in [-0.05, 0) is 5.41 Å². The van der Waals surface area contributed by atoms with Crippen LogP contribution in [0.5, 0.6) is 0 Å². The lowest BCUT2D eigenvalue weighted by molar-refractivity contribution is -0.161. The molecule has 1 atom stereocenters. The quantitative estimate of drug-likeness (QED) is 0.443. The zero-order valence-corrected chi connectivity index (χ0v) is 8.88. The summed E-state index contributed by atoms with van der Waals surface area (Å²) in [5.74, 6) is -0.660. The number of rotatable bonds is 2. The van der Waals surface area contributed by atoms with Crippen LogP contribution in [0.3, 0.4) is 0 Å². The Hall–Kier alpha value is 0.120. The van der Waals surface area contributed by atoms with E-state index in [4.69, 9.17) is 0 Å². The molecule has 1 unspecified atom stereocenters. The molecule has 0 aromatic rings. The molecular formula is C6H12INO3. The molecule has 11 heavy (non-hydrogen) atoms. The molecular weight excluding hydrogens is 261 g/mol. The van der Waals surface area contributed by atoms with Gasteiger partial charge in [-0.15, -0.1) is 0 Å². The first-order valence-corrected chi connectivity index (χ1v) is 4.22. The van der Waals surface area contributed by atoms with Crippen LogP contribution in [0.1, 0.15) is 20.8 Å². The zero-order valence-electron chi connectivity index (χ0n) is 6.72. The van der Waals surface area contributed by atoms with E-state index in [2.05, 4.69) is 8.53 Å². The minimum absolute atomic E-state index is 0.482. The molecule has 0 radical (unpaired) electrons. The van der Waals surface area contributed by atoms with E-state index >= 15 is 0 Å². The summed E-state index contributed by atoms with van der Waals surface area (Å²) in [4.78, 5) is 15.2. The van der Waals surface area contributed by atoms with Crippen molar-refractivity contribution in [1.29, 1.82) is 0 Å². The maximum atomic E-state index is 10.9. The van der Waals surface area contributed by atoms with Crippen LogP contribution in [-0.4, -0.2) is 17.2 Å². The summed E-state index contributed by atoms with van der Waals surface area (Å²) in [6.45, 7) is 5.27. The highest BCUT2D eigenvalue weighted by Gasteiger charge is 2.30. The third kappa shape index (κ3) is 3.88. The lowest BCUT2D eigenvalue weighted by Gasteiger charge is -2.22. The molecule has 5 heteroatoms. The maximum absolute atomic E-state index is 10.9. The Balaban J connectivity index is 4.03. The predicted octanol–water partition coefficient (Wildman–Crippen LogP) is 0.791. The van der Waals surface area contributed by atoms with Crippen LogP contribution in [0.2, 0.25) is 0 Å². The molecule has 0 heterocycles. The molecule has 0 saturated carbocycles. The van der Waals surface area contributed by atoms with E-state index in [0.717, 1.165) is 0 Å². The summed E-state index contributed by atoms with van der Waals surface area (Å²) in [6.07, 6.45) is -1.09. The van der Waals surface area contributed by atoms with E-state index in [1.54, 1.807) is 43.6 Å². The molecule has 0 aromatic heterocycles. The fraction of sp³-hybridized carbons (Fsp3) is 0.833. The van der Waals surface area contributed by atoms with Gasteiger partial charge in [0.15, 0.2) is 6.10 Å². The third-order valence-electron chi connectivity index (χ3n) is 1.18. The van der Waals surface area contributed by atoms with Gasteiger partial charge in [-0.2, -0.15) is 0 Å². The Labute approximate surface area is 79.8 Å². The fourth-order valence-corrected chi connectivity index (χ4v) is 0.664. The van der Waals surface area contributed by atoms with Crippen LogP contribution in [0.4, 0.5) is 0 Å². The molecule has 0 saturated heterocycles. The Kier molecular flexibility index (Phi) is 4.27. The van der Waals surface area contributed by atoms with E-state index in [-0.39, 0.29) is 0 Å². The van der Waals surface area contributed by atoms with E-state index in [9.17, 15) is 9.90 Å². The average Bonchev–Trinajstić information content (AvgIpc) is 1.85.